The van der Waals surface area contributed by atoms with Crippen molar-refractivity contribution in [2.24, 2.45) is 0 Å². The predicted octanol–water partition coefficient (Wildman–Crippen LogP) is 3.79. The molecule has 0 heterocycles. The maximum absolute atomic E-state index is 13.7. The van der Waals surface area contributed by atoms with Crippen LogP contribution in [-0.4, -0.2) is 11.7 Å². The molecule has 0 radical (unpaired) electrons. The summed E-state index contributed by atoms with van der Waals surface area (Å²) in [5, 5.41) is 9.07. The molecule has 4 heteroatoms. The smallest absolute Gasteiger partial charge is 0.135 e. The van der Waals surface area contributed by atoms with Crippen molar-refractivity contribution < 1.29 is 14.2 Å². The van der Waals surface area contributed by atoms with Crippen molar-refractivity contribution in [1.82, 2.24) is 0 Å². The van der Waals surface area contributed by atoms with E-state index in [1.807, 2.05) is 18.2 Å². The van der Waals surface area contributed by atoms with E-state index < -0.39 is 5.82 Å². The molecule has 0 spiro atoms. The summed E-state index contributed by atoms with van der Waals surface area (Å²) >= 11 is 5.96. The van der Waals surface area contributed by atoms with Crippen LogP contribution in [0, 0.1) is 17.7 Å². The van der Waals surface area contributed by atoms with E-state index in [1.165, 1.54) is 6.07 Å². The molecule has 0 aliphatic rings. The van der Waals surface area contributed by atoms with Gasteiger partial charge in [-0.3, -0.25) is 0 Å². The lowest BCUT2D eigenvalue weighted by atomic mass is 10.2. The molecule has 0 aliphatic carbocycles. The van der Waals surface area contributed by atoms with Crippen LogP contribution in [-0.2, 0) is 6.61 Å². The van der Waals surface area contributed by atoms with Gasteiger partial charge in [-0.1, -0.05) is 41.6 Å². The van der Waals surface area contributed by atoms with Crippen LogP contribution >= 0.6 is 11.6 Å². The molecule has 0 saturated carbocycles. The average Bonchev–Trinajstić information content (AvgIpc) is 2.48. The summed E-state index contributed by atoms with van der Waals surface area (Å²) in [6, 6.07) is 11.7. The highest BCUT2D eigenvalue weighted by Crippen LogP contribution is 2.23. The summed E-state index contributed by atoms with van der Waals surface area (Å²) in [7, 11) is 0. The fourth-order valence-electron chi connectivity index (χ4n) is 1.73. The van der Waals surface area contributed by atoms with Crippen LogP contribution in [0.4, 0.5) is 4.39 Å². The van der Waals surface area contributed by atoms with Crippen LogP contribution in [0.25, 0.3) is 0 Å². The minimum absolute atomic E-state index is 0.0147. The van der Waals surface area contributed by atoms with Gasteiger partial charge in [0.25, 0.3) is 0 Å². The van der Waals surface area contributed by atoms with Gasteiger partial charge in [-0.25, -0.2) is 4.39 Å². The zero-order valence-corrected chi connectivity index (χ0v) is 12.0. The normalized spacial score (nSPS) is 9.86. The quantitative estimate of drug-likeness (QED) is 0.871. The first kappa shape index (κ1) is 15.4. The zero-order valence-electron chi connectivity index (χ0n) is 11.3. The van der Waals surface area contributed by atoms with E-state index in [0.717, 1.165) is 0 Å². The maximum atomic E-state index is 13.7. The number of ether oxygens (including phenoxy) is 1. The Kier molecular flexibility index (Phi) is 5.62. The number of aliphatic hydroxyl groups is 1. The number of rotatable bonds is 4. The Morgan fingerprint density at radius 1 is 1.14 bits per heavy atom. The lowest BCUT2D eigenvalue weighted by Gasteiger charge is -2.10. The molecular formula is C17H14ClFO2. The number of hydrogen-bond donors (Lipinski definition) is 1. The lowest BCUT2D eigenvalue weighted by Crippen LogP contribution is -2.00. The maximum Gasteiger partial charge on any atom is 0.135 e. The van der Waals surface area contributed by atoms with Crippen LogP contribution in [0.2, 0.25) is 5.02 Å². The fourth-order valence-corrected chi connectivity index (χ4v) is 1.95. The predicted molar refractivity (Wildman–Crippen MR) is 80.8 cm³/mol. The van der Waals surface area contributed by atoms with Crippen molar-refractivity contribution in [3.63, 3.8) is 0 Å². The van der Waals surface area contributed by atoms with Gasteiger partial charge in [0.15, 0.2) is 0 Å². The Morgan fingerprint density at radius 2 is 1.95 bits per heavy atom. The Morgan fingerprint density at radius 3 is 2.71 bits per heavy atom. The largest absolute Gasteiger partial charge is 0.487 e. The fraction of sp³-hybridized carbons (Fsp3) is 0.176. The van der Waals surface area contributed by atoms with E-state index >= 15 is 0 Å². The van der Waals surface area contributed by atoms with E-state index in [4.69, 9.17) is 21.4 Å². The second-order valence-corrected chi connectivity index (χ2v) is 4.67. The molecule has 108 valence electrons. The van der Waals surface area contributed by atoms with Crippen LogP contribution < -0.4 is 4.74 Å². The Labute approximate surface area is 128 Å². The summed E-state index contributed by atoms with van der Waals surface area (Å²) in [4.78, 5) is 0. The monoisotopic (exact) mass is 304 g/mol. The molecule has 0 unspecified atom stereocenters. The number of halogens is 2. The van der Waals surface area contributed by atoms with Gasteiger partial charge in [-0.15, -0.1) is 0 Å². The molecule has 1 N–H and O–H groups in total. The minimum atomic E-state index is -0.397. The molecule has 0 amide bonds. The van der Waals surface area contributed by atoms with Gasteiger partial charge in [0.05, 0.1) is 17.2 Å². The second kappa shape index (κ2) is 7.68. The van der Waals surface area contributed by atoms with Gasteiger partial charge in [-0.2, -0.15) is 0 Å². The molecule has 0 bridgehead atoms. The molecule has 21 heavy (non-hydrogen) atoms. The minimum Gasteiger partial charge on any atom is -0.487 e. The van der Waals surface area contributed by atoms with Crippen molar-refractivity contribution in [2.75, 3.05) is 6.61 Å². The van der Waals surface area contributed by atoms with Crippen LogP contribution in [0.1, 0.15) is 17.5 Å². The highest BCUT2D eigenvalue weighted by Gasteiger charge is 2.08. The first-order chi connectivity index (χ1) is 10.2. The molecule has 0 atom stereocenters. The highest BCUT2D eigenvalue weighted by molar-refractivity contribution is 6.31. The van der Waals surface area contributed by atoms with Crippen molar-refractivity contribution in [1.29, 1.82) is 0 Å². The molecule has 2 aromatic carbocycles. The van der Waals surface area contributed by atoms with Crippen molar-refractivity contribution in [3.05, 3.63) is 64.4 Å². The van der Waals surface area contributed by atoms with Crippen molar-refractivity contribution in [3.8, 4) is 17.6 Å². The zero-order chi connectivity index (χ0) is 15.1. The lowest BCUT2D eigenvalue weighted by molar-refractivity contribution is 0.299. The number of para-hydroxylation sites is 1. The van der Waals surface area contributed by atoms with Gasteiger partial charge in [0.2, 0.25) is 0 Å². The molecular weight excluding hydrogens is 291 g/mol. The molecule has 0 aliphatic heterocycles. The number of hydrogen-bond acceptors (Lipinski definition) is 2. The summed E-state index contributed by atoms with van der Waals surface area (Å²) in [6.07, 6.45) is 0.396. The SMILES string of the molecule is OCCC#Cc1ccccc1OCc1c(F)cccc1Cl. The topological polar surface area (TPSA) is 29.5 Å². The van der Waals surface area contributed by atoms with Crippen LogP contribution in [0.3, 0.4) is 0 Å². The van der Waals surface area contributed by atoms with Crippen molar-refractivity contribution in [2.45, 2.75) is 13.0 Å². The number of benzene rings is 2. The van der Waals surface area contributed by atoms with Gasteiger partial charge in [0.1, 0.15) is 18.2 Å². The molecule has 0 aromatic heterocycles. The van der Waals surface area contributed by atoms with Crippen molar-refractivity contribution >= 4 is 11.6 Å². The summed E-state index contributed by atoms with van der Waals surface area (Å²) < 4.78 is 19.3. The van der Waals surface area contributed by atoms with E-state index in [9.17, 15) is 4.39 Å². The van der Waals surface area contributed by atoms with Gasteiger partial charge >= 0.3 is 0 Å². The highest BCUT2D eigenvalue weighted by atomic mass is 35.5. The first-order valence-corrected chi connectivity index (χ1v) is 6.84. The molecule has 0 saturated heterocycles. The van der Waals surface area contributed by atoms with E-state index in [-0.39, 0.29) is 13.2 Å². The third-order valence-corrected chi connectivity index (χ3v) is 3.13. The van der Waals surface area contributed by atoms with Gasteiger partial charge < -0.3 is 9.84 Å². The third-order valence-electron chi connectivity index (χ3n) is 2.78. The van der Waals surface area contributed by atoms with E-state index in [0.29, 0.717) is 28.3 Å². The summed E-state index contributed by atoms with van der Waals surface area (Å²) in [5.41, 5.74) is 1.01. The second-order valence-electron chi connectivity index (χ2n) is 4.26. The van der Waals surface area contributed by atoms with E-state index in [1.54, 1.807) is 18.2 Å². The number of aliphatic hydroxyl groups excluding tert-OH is 1. The standard InChI is InChI=1S/C17H14ClFO2/c18-15-8-5-9-16(19)14(15)12-21-17-10-2-1-6-13(17)7-3-4-11-20/h1-2,5-6,8-10,20H,4,11-12H2. The molecule has 2 rings (SSSR count). The third kappa shape index (κ3) is 4.22. The Balaban J connectivity index is 2.16. The molecule has 2 nitrogen and oxygen atoms in total. The summed E-state index contributed by atoms with van der Waals surface area (Å²) in [5.74, 6) is 5.91. The molecule has 2 aromatic rings. The van der Waals surface area contributed by atoms with Gasteiger partial charge in [-0.05, 0) is 24.3 Å². The van der Waals surface area contributed by atoms with Crippen LogP contribution in [0.15, 0.2) is 42.5 Å². The van der Waals surface area contributed by atoms with E-state index in [2.05, 4.69) is 11.8 Å². The first-order valence-electron chi connectivity index (χ1n) is 6.47. The van der Waals surface area contributed by atoms with Gasteiger partial charge in [0, 0.05) is 12.0 Å². The average molecular weight is 305 g/mol. The molecule has 0 fully saturated rings. The Bertz CT molecular complexity index is 654. The summed E-state index contributed by atoms with van der Waals surface area (Å²) in [6.45, 7) is 0.0467. The Hall–Kier alpha value is -2.02. The van der Waals surface area contributed by atoms with Crippen LogP contribution in [0.5, 0.6) is 5.75 Å².